The number of hydrogen-bond donors (Lipinski definition) is 0. The van der Waals surface area contributed by atoms with Crippen LogP contribution in [0.15, 0.2) is 24.5 Å². The average Bonchev–Trinajstić information content (AvgIpc) is 2.39. The molecule has 2 heterocycles. The highest BCUT2D eigenvalue weighted by atomic mass is 15.1. The second-order valence-electron chi connectivity index (χ2n) is 5.13. The third-order valence-corrected chi connectivity index (χ3v) is 3.67. The van der Waals surface area contributed by atoms with Crippen molar-refractivity contribution in [1.29, 1.82) is 5.26 Å². The van der Waals surface area contributed by atoms with Gasteiger partial charge in [0.25, 0.3) is 0 Å². The third kappa shape index (κ3) is 3.28. The zero-order valence-corrected chi connectivity index (χ0v) is 10.4. The van der Waals surface area contributed by atoms with Gasteiger partial charge in [0.05, 0.1) is 11.5 Å². The SMILES string of the molecule is CC1(C#N)CCN(CCc2cccnc2)CC1. The van der Waals surface area contributed by atoms with Gasteiger partial charge in [0.2, 0.25) is 0 Å². The van der Waals surface area contributed by atoms with Gasteiger partial charge in [0, 0.05) is 18.9 Å². The Labute approximate surface area is 103 Å². The summed E-state index contributed by atoms with van der Waals surface area (Å²) >= 11 is 0. The first-order valence-corrected chi connectivity index (χ1v) is 6.24. The predicted octanol–water partition coefficient (Wildman–Crippen LogP) is 2.25. The molecular weight excluding hydrogens is 210 g/mol. The van der Waals surface area contributed by atoms with E-state index in [-0.39, 0.29) is 5.41 Å². The van der Waals surface area contributed by atoms with E-state index in [9.17, 15) is 0 Å². The van der Waals surface area contributed by atoms with Gasteiger partial charge in [-0.2, -0.15) is 5.26 Å². The Balaban J connectivity index is 1.78. The van der Waals surface area contributed by atoms with Crippen LogP contribution < -0.4 is 0 Å². The standard InChI is InChI=1S/C14H19N3/c1-14(12-15)5-9-17(10-6-14)8-4-13-3-2-7-16-11-13/h2-3,7,11H,4-6,8-10H2,1H3. The van der Waals surface area contributed by atoms with Gasteiger partial charge in [-0.15, -0.1) is 0 Å². The van der Waals surface area contributed by atoms with Crippen molar-refractivity contribution in [3.8, 4) is 6.07 Å². The molecule has 17 heavy (non-hydrogen) atoms. The molecule has 0 amide bonds. The fraction of sp³-hybridized carbons (Fsp3) is 0.571. The molecule has 3 heteroatoms. The molecule has 0 aliphatic carbocycles. The van der Waals surface area contributed by atoms with Crippen molar-refractivity contribution in [3.05, 3.63) is 30.1 Å². The lowest BCUT2D eigenvalue weighted by atomic mass is 9.82. The molecule has 0 radical (unpaired) electrons. The van der Waals surface area contributed by atoms with E-state index in [4.69, 9.17) is 5.26 Å². The van der Waals surface area contributed by atoms with Gasteiger partial charge in [-0.05, 0) is 50.9 Å². The third-order valence-electron chi connectivity index (χ3n) is 3.67. The van der Waals surface area contributed by atoms with Crippen molar-refractivity contribution < 1.29 is 0 Å². The number of nitrogens with zero attached hydrogens (tertiary/aromatic N) is 3. The van der Waals surface area contributed by atoms with Gasteiger partial charge in [0.15, 0.2) is 0 Å². The monoisotopic (exact) mass is 229 g/mol. The van der Waals surface area contributed by atoms with Crippen molar-refractivity contribution in [2.45, 2.75) is 26.2 Å². The Hall–Kier alpha value is -1.40. The molecule has 1 aliphatic rings. The Bertz CT molecular complexity index is 386. The fourth-order valence-corrected chi connectivity index (χ4v) is 2.22. The van der Waals surface area contributed by atoms with E-state index >= 15 is 0 Å². The van der Waals surface area contributed by atoms with Gasteiger partial charge in [-0.25, -0.2) is 0 Å². The Morgan fingerprint density at radius 3 is 2.82 bits per heavy atom. The molecule has 3 nitrogen and oxygen atoms in total. The van der Waals surface area contributed by atoms with E-state index < -0.39 is 0 Å². The Morgan fingerprint density at radius 2 is 2.24 bits per heavy atom. The molecule has 1 aromatic rings. The summed E-state index contributed by atoms with van der Waals surface area (Å²) in [7, 11) is 0. The molecule has 0 bridgehead atoms. The number of nitriles is 1. The minimum Gasteiger partial charge on any atom is -0.303 e. The molecule has 0 atom stereocenters. The number of pyridine rings is 1. The molecule has 0 unspecified atom stereocenters. The van der Waals surface area contributed by atoms with E-state index in [2.05, 4.69) is 28.9 Å². The van der Waals surface area contributed by atoms with Gasteiger partial charge in [-0.3, -0.25) is 4.98 Å². The summed E-state index contributed by atoms with van der Waals surface area (Å²) in [6.45, 7) is 5.24. The largest absolute Gasteiger partial charge is 0.303 e. The van der Waals surface area contributed by atoms with Gasteiger partial charge in [-0.1, -0.05) is 6.07 Å². The highest BCUT2D eigenvalue weighted by molar-refractivity contribution is 5.09. The lowest BCUT2D eigenvalue weighted by molar-refractivity contribution is 0.158. The topological polar surface area (TPSA) is 39.9 Å². The first kappa shape index (κ1) is 12.1. The average molecular weight is 229 g/mol. The van der Waals surface area contributed by atoms with Gasteiger partial charge in [0.1, 0.15) is 0 Å². The summed E-state index contributed by atoms with van der Waals surface area (Å²) in [5.74, 6) is 0. The van der Waals surface area contributed by atoms with Crippen molar-refractivity contribution in [1.82, 2.24) is 9.88 Å². The number of aromatic nitrogens is 1. The van der Waals surface area contributed by atoms with Crippen LogP contribution in [0.5, 0.6) is 0 Å². The molecule has 2 rings (SSSR count). The summed E-state index contributed by atoms with van der Waals surface area (Å²) in [5.41, 5.74) is 1.20. The van der Waals surface area contributed by atoms with Crippen LogP contribution in [0.25, 0.3) is 0 Å². The van der Waals surface area contributed by atoms with E-state index in [1.165, 1.54) is 5.56 Å². The Morgan fingerprint density at radius 1 is 1.47 bits per heavy atom. The molecule has 0 spiro atoms. The molecule has 1 fully saturated rings. The zero-order chi connectivity index (χ0) is 12.1. The van der Waals surface area contributed by atoms with Crippen molar-refractivity contribution in [2.24, 2.45) is 5.41 Å². The number of likely N-dealkylation sites (tertiary alicyclic amines) is 1. The van der Waals surface area contributed by atoms with Crippen LogP contribution in [0.3, 0.4) is 0 Å². The summed E-state index contributed by atoms with van der Waals surface area (Å²) in [4.78, 5) is 6.57. The first-order chi connectivity index (χ1) is 8.22. The van der Waals surface area contributed by atoms with Crippen LogP contribution in [0, 0.1) is 16.7 Å². The molecule has 0 N–H and O–H groups in total. The number of hydrogen-bond acceptors (Lipinski definition) is 3. The van der Waals surface area contributed by atoms with Crippen LogP contribution in [-0.2, 0) is 6.42 Å². The first-order valence-electron chi connectivity index (χ1n) is 6.24. The molecule has 0 aromatic carbocycles. The van der Waals surface area contributed by atoms with Crippen molar-refractivity contribution in [2.75, 3.05) is 19.6 Å². The maximum Gasteiger partial charge on any atom is 0.0687 e. The molecule has 90 valence electrons. The van der Waals surface area contributed by atoms with Crippen LogP contribution >= 0.6 is 0 Å². The summed E-state index contributed by atoms with van der Waals surface area (Å²) < 4.78 is 0. The molecule has 1 saturated heterocycles. The quantitative estimate of drug-likeness (QED) is 0.798. The van der Waals surface area contributed by atoms with Crippen LogP contribution in [0.1, 0.15) is 25.3 Å². The summed E-state index contributed by atoms with van der Waals surface area (Å²) in [5, 5.41) is 9.07. The molecule has 1 aromatic heterocycles. The maximum absolute atomic E-state index is 9.07. The van der Waals surface area contributed by atoms with Gasteiger partial charge >= 0.3 is 0 Å². The highest BCUT2D eigenvalue weighted by Crippen LogP contribution is 2.29. The highest BCUT2D eigenvalue weighted by Gasteiger charge is 2.29. The number of rotatable bonds is 3. The van der Waals surface area contributed by atoms with E-state index in [1.807, 2.05) is 18.5 Å². The smallest absolute Gasteiger partial charge is 0.0687 e. The molecular formula is C14H19N3. The summed E-state index contributed by atoms with van der Waals surface area (Å²) in [6.07, 6.45) is 6.79. The van der Waals surface area contributed by atoms with Crippen molar-refractivity contribution >= 4 is 0 Å². The van der Waals surface area contributed by atoms with E-state index in [1.54, 1.807) is 0 Å². The normalized spacial score (nSPS) is 19.8. The Kier molecular flexibility index (Phi) is 3.75. The summed E-state index contributed by atoms with van der Waals surface area (Å²) in [6, 6.07) is 6.54. The molecule has 0 saturated carbocycles. The second-order valence-corrected chi connectivity index (χ2v) is 5.13. The van der Waals surface area contributed by atoms with Crippen LogP contribution in [0.4, 0.5) is 0 Å². The lowest BCUT2D eigenvalue weighted by Crippen LogP contribution is -2.39. The molecule has 1 aliphatic heterocycles. The lowest BCUT2D eigenvalue weighted by Gasteiger charge is -2.34. The predicted molar refractivity (Wildman–Crippen MR) is 67.3 cm³/mol. The van der Waals surface area contributed by atoms with Crippen LogP contribution in [0.2, 0.25) is 0 Å². The van der Waals surface area contributed by atoms with Gasteiger partial charge < -0.3 is 4.90 Å². The van der Waals surface area contributed by atoms with E-state index in [0.29, 0.717) is 0 Å². The van der Waals surface area contributed by atoms with Crippen LogP contribution in [-0.4, -0.2) is 29.5 Å². The minimum atomic E-state index is -0.0925. The zero-order valence-electron chi connectivity index (χ0n) is 10.4. The van der Waals surface area contributed by atoms with Crippen molar-refractivity contribution in [3.63, 3.8) is 0 Å². The fourth-order valence-electron chi connectivity index (χ4n) is 2.22. The second kappa shape index (κ2) is 5.29. The minimum absolute atomic E-state index is 0.0925. The van der Waals surface area contributed by atoms with E-state index in [0.717, 1.165) is 38.9 Å². The number of piperidine rings is 1. The maximum atomic E-state index is 9.07.